The Bertz CT molecular complexity index is 744. The van der Waals surface area contributed by atoms with Crippen molar-refractivity contribution in [2.75, 3.05) is 27.9 Å². The largest absolute Gasteiger partial charge is 0.496 e. The van der Waals surface area contributed by atoms with Gasteiger partial charge in [-0.2, -0.15) is 0 Å². The minimum absolute atomic E-state index is 0.461. The van der Waals surface area contributed by atoms with E-state index in [0.29, 0.717) is 18.0 Å². The Morgan fingerprint density at radius 3 is 2.31 bits per heavy atom. The highest BCUT2D eigenvalue weighted by Crippen LogP contribution is 2.34. The summed E-state index contributed by atoms with van der Waals surface area (Å²) in [4.78, 5) is 5.98. The minimum Gasteiger partial charge on any atom is -0.496 e. The lowest BCUT2D eigenvalue weighted by Gasteiger charge is -2.14. The van der Waals surface area contributed by atoms with Gasteiger partial charge in [-0.05, 0) is 36.9 Å². The summed E-state index contributed by atoms with van der Waals surface area (Å²) < 4.78 is 16.2. The van der Waals surface area contributed by atoms with Crippen LogP contribution < -0.4 is 24.8 Å². The Morgan fingerprint density at radius 2 is 1.73 bits per heavy atom. The predicted molar refractivity (Wildman–Crippen MR) is 107 cm³/mol. The third-order valence-corrected chi connectivity index (χ3v) is 4.95. The summed E-state index contributed by atoms with van der Waals surface area (Å²) in [6, 6.07) is 5.84. The highest BCUT2D eigenvalue weighted by atomic mass is 32.1. The number of ether oxygens (including phenoxy) is 3. The lowest BCUT2D eigenvalue weighted by Crippen LogP contribution is -2.36. The first-order valence-corrected chi connectivity index (χ1v) is 9.34. The third-order valence-electron chi connectivity index (χ3n) is 3.92. The van der Waals surface area contributed by atoms with Gasteiger partial charge in [0.1, 0.15) is 5.75 Å². The third kappa shape index (κ3) is 5.05. The zero-order valence-electron chi connectivity index (χ0n) is 16.0. The average molecular weight is 378 g/mol. The molecule has 1 heterocycles. The number of aliphatic imine (C=N–C) groups is 1. The lowest BCUT2D eigenvalue weighted by atomic mass is 10.1. The molecule has 2 aromatic rings. The second kappa shape index (κ2) is 9.91. The van der Waals surface area contributed by atoms with Crippen molar-refractivity contribution >= 4 is 17.3 Å². The van der Waals surface area contributed by atoms with Crippen molar-refractivity contribution in [3.8, 4) is 17.2 Å². The molecule has 142 valence electrons. The Hall–Kier alpha value is -2.41. The van der Waals surface area contributed by atoms with E-state index >= 15 is 0 Å². The fraction of sp³-hybridized carbons (Fsp3) is 0.421. The molecule has 0 unspecified atom stereocenters. The van der Waals surface area contributed by atoms with Crippen LogP contribution in [-0.2, 0) is 13.1 Å². The maximum atomic E-state index is 5.47. The number of nitrogens with zero attached hydrogens (tertiary/aromatic N) is 1. The molecule has 7 heteroatoms. The molecule has 6 nitrogen and oxygen atoms in total. The van der Waals surface area contributed by atoms with Crippen LogP contribution in [0.25, 0.3) is 0 Å². The number of nitrogens with one attached hydrogen (secondary N) is 2. The smallest absolute Gasteiger partial charge is 0.191 e. The zero-order valence-corrected chi connectivity index (χ0v) is 16.8. The predicted octanol–water partition coefficient (Wildman–Crippen LogP) is 3.34. The molecule has 0 bridgehead atoms. The lowest BCUT2D eigenvalue weighted by molar-refractivity contribution is 0.347. The number of hydrogen-bond donors (Lipinski definition) is 2. The standard InChI is InChI=1S/C19H27N3O3S/c1-6-20-19(22-12-18-13(2)7-8-26-18)21-11-14-9-16(24-4)17(25-5)10-15(14)23-3/h7-10H,6,11-12H2,1-5H3,(H2,20,21,22). The molecule has 0 aliphatic carbocycles. The molecule has 2 N–H and O–H groups in total. The minimum atomic E-state index is 0.461. The number of rotatable bonds is 8. The van der Waals surface area contributed by atoms with Crippen molar-refractivity contribution < 1.29 is 14.2 Å². The average Bonchev–Trinajstić information content (AvgIpc) is 3.08. The first-order chi connectivity index (χ1) is 12.6. The molecule has 26 heavy (non-hydrogen) atoms. The van der Waals surface area contributed by atoms with E-state index < -0.39 is 0 Å². The summed E-state index contributed by atoms with van der Waals surface area (Å²) in [7, 11) is 4.86. The van der Waals surface area contributed by atoms with E-state index in [9.17, 15) is 0 Å². The number of thiophene rings is 1. The molecule has 0 aliphatic rings. The van der Waals surface area contributed by atoms with Crippen LogP contribution in [0.4, 0.5) is 0 Å². The Kier molecular flexibility index (Phi) is 7.59. The summed E-state index contributed by atoms with van der Waals surface area (Å²) in [6.45, 7) is 6.16. The van der Waals surface area contributed by atoms with Crippen LogP contribution in [0.3, 0.4) is 0 Å². The van der Waals surface area contributed by atoms with E-state index in [2.05, 4.69) is 34.0 Å². The van der Waals surface area contributed by atoms with Crippen LogP contribution in [0, 0.1) is 6.92 Å². The molecular formula is C19H27N3O3S. The fourth-order valence-corrected chi connectivity index (χ4v) is 3.32. The normalized spacial score (nSPS) is 11.2. The maximum Gasteiger partial charge on any atom is 0.191 e. The molecular weight excluding hydrogens is 350 g/mol. The van der Waals surface area contributed by atoms with Crippen LogP contribution in [0.1, 0.15) is 22.9 Å². The van der Waals surface area contributed by atoms with Crippen molar-refractivity contribution in [3.63, 3.8) is 0 Å². The van der Waals surface area contributed by atoms with Gasteiger partial charge in [0.25, 0.3) is 0 Å². The van der Waals surface area contributed by atoms with E-state index in [4.69, 9.17) is 14.2 Å². The highest BCUT2D eigenvalue weighted by molar-refractivity contribution is 7.10. The molecule has 0 amide bonds. The maximum absolute atomic E-state index is 5.47. The zero-order chi connectivity index (χ0) is 18.9. The van der Waals surface area contributed by atoms with Crippen LogP contribution in [0.2, 0.25) is 0 Å². The second-order valence-corrected chi connectivity index (χ2v) is 6.60. The van der Waals surface area contributed by atoms with Crippen molar-refractivity contribution in [1.29, 1.82) is 0 Å². The van der Waals surface area contributed by atoms with Gasteiger partial charge in [-0.3, -0.25) is 0 Å². The van der Waals surface area contributed by atoms with Crippen molar-refractivity contribution in [2.45, 2.75) is 26.9 Å². The molecule has 0 saturated heterocycles. The fourth-order valence-electron chi connectivity index (χ4n) is 2.47. The van der Waals surface area contributed by atoms with Gasteiger partial charge in [0, 0.05) is 23.1 Å². The SMILES string of the molecule is CCNC(=NCc1cc(OC)c(OC)cc1OC)NCc1sccc1C. The van der Waals surface area contributed by atoms with Crippen LogP contribution in [0.15, 0.2) is 28.6 Å². The molecule has 0 saturated carbocycles. The summed E-state index contributed by atoms with van der Waals surface area (Å²) >= 11 is 1.74. The van der Waals surface area contributed by atoms with Gasteiger partial charge in [0.2, 0.25) is 0 Å². The Balaban J connectivity index is 2.16. The molecule has 0 atom stereocenters. The first kappa shape index (κ1) is 19.9. The van der Waals surface area contributed by atoms with E-state index in [-0.39, 0.29) is 0 Å². The van der Waals surface area contributed by atoms with Crippen LogP contribution >= 0.6 is 11.3 Å². The van der Waals surface area contributed by atoms with Crippen LogP contribution in [-0.4, -0.2) is 33.8 Å². The summed E-state index contributed by atoms with van der Waals surface area (Å²) in [6.07, 6.45) is 0. The van der Waals surface area contributed by atoms with Gasteiger partial charge < -0.3 is 24.8 Å². The summed E-state index contributed by atoms with van der Waals surface area (Å²) in [5, 5.41) is 8.75. The van der Waals surface area contributed by atoms with Crippen molar-refractivity contribution in [3.05, 3.63) is 39.6 Å². The molecule has 2 rings (SSSR count). The molecule has 0 spiro atoms. The first-order valence-electron chi connectivity index (χ1n) is 8.46. The molecule has 1 aromatic carbocycles. The van der Waals surface area contributed by atoms with Gasteiger partial charge in [-0.15, -0.1) is 11.3 Å². The van der Waals surface area contributed by atoms with E-state index in [1.807, 2.05) is 19.1 Å². The quantitative estimate of drug-likeness (QED) is 0.546. The summed E-state index contributed by atoms with van der Waals surface area (Å²) in [5.74, 6) is 2.77. The molecule has 0 fully saturated rings. The van der Waals surface area contributed by atoms with Gasteiger partial charge in [0.05, 0.1) is 34.4 Å². The number of hydrogen-bond acceptors (Lipinski definition) is 5. The number of aryl methyl sites for hydroxylation is 1. The van der Waals surface area contributed by atoms with Gasteiger partial charge >= 0.3 is 0 Å². The Labute approximate surface area is 159 Å². The van der Waals surface area contributed by atoms with Gasteiger partial charge in [-0.1, -0.05) is 0 Å². The topological polar surface area (TPSA) is 64.1 Å². The van der Waals surface area contributed by atoms with Gasteiger partial charge in [0.15, 0.2) is 17.5 Å². The molecule has 0 radical (unpaired) electrons. The number of guanidine groups is 1. The second-order valence-electron chi connectivity index (χ2n) is 5.59. The van der Waals surface area contributed by atoms with E-state index in [1.54, 1.807) is 32.7 Å². The van der Waals surface area contributed by atoms with Crippen molar-refractivity contribution in [2.24, 2.45) is 4.99 Å². The van der Waals surface area contributed by atoms with Crippen LogP contribution in [0.5, 0.6) is 17.2 Å². The highest BCUT2D eigenvalue weighted by Gasteiger charge is 2.12. The van der Waals surface area contributed by atoms with E-state index in [1.165, 1.54) is 10.4 Å². The Morgan fingerprint density at radius 1 is 1.04 bits per heavy atom. The number of methoxy groups -OCH3 is 3. The van der Waals surface area contributed by atoms with Gasteiger partial charge in [-0.25, -0.2) is 4.99 Å². The molecule has 0 aliphatic heterocycles. The monoisotopic (exact) mass is 377 g/mol. The molecule has 1 aromatic heterocycles. The summed E-state index contributed by atoms with van der Waals surface area (Å²) in [5.41, 5.74) is 2.22. The van der Waals surface area contributed by atoms with E-state index in [0.717, 1.165) is 30.4 Å². The number of benzene rings is 1. The van der Waals surface area contributed by atoms with Crippen molar-refractivity contribution in [1.82, 2.24) is 10.6 Å².